The molecule has 0 atom stereocenters. The number of hydrogen-bond donors (Lipinski definition) is 0. The van der Waals surface area contributed by atoms with Crippen molar-refractivity contribution in [3.8, 4) is 5.75 Å². The van der Waals surface area contributed by atoms with Gasteiger partial charge in [0, 0.05) is 16.2 Å². The Balaban J connectivity index is 1.26. The third kappa shape index (κ3) is 3.60. The van der Waals surface area contributed by atoms with Crippen molar-refractivity contribution in [2.45, 2.75) is 17.5 Å². The summed E-state index contributed by atoms with van der Waals surface area (Å²) in [5.41, 5.74) is 2.16. The van der Waals surface area contributed by atoms with Gasteiger partial charge in [-0.3, -0.25) is 4.40 Å². The van der Waals surface area contributed by atoms with Gasteiger partial charge in [0.2, 0.25) is 4.96 Å². The molecule has 0 bridgehead atoms. The molecule has 3 aromatic heterocycles. The SMILES string of the molecule is Clc1ccc(OCc2nc(CSc3nnc4sc5ccccc5n34)cs2)cc1. The predicted octanol–water partition coefficient (Wildman–Crippen LogP) is 5.93. The van der Waals surface area contributed by atoms with Crippen LogP contribution in [0.1, 0.15) is 10.7 Å². The maximum atomic E-state index is 5.89. The number of nitrogens with zero attached hydrogens (tertiary/aromatic N) is 4. The van der Waals surface area contributed by atoms with E-state index in [0.717, 1.165) is 37.8 Å². The fourth-order valence-electron chi connectivity index (χ4n) is 2.74. The summed E-state index contributed by atoms with van der Waals surface area (Å²) in [5, 5.41) is 13.2. The number of thioether (sulfide) groups is 1. The second-order valence-electron chi connectivity index (χ2n) is 5.93. The van der Waals surface area contributed by atoms with Gasteiger partial charge >= 0.3 is 0 Å². The number of thiazole rings is 2. The summed E-state index contributed by atoms with van der Waals surface area (Å²) in [6.07, 6.45) is 0. The molecule has 9 heteroatoms. The largest absolute Gasteiger partial charge is 0.486 e. The van der Waals surface area contributed by atoms with E-state index in [9.17, 15) is 0 Å². The van der Waals surface area contributed by atoms with Gasteiger partial charge in [-0.1, -0.05) is 46.8 Å². The van der Waals surface area contributed by atoms with Gasteiger partial charge < -0.3 is 4.74 Å². The van der Waals surface area contributed by atoms with Gasteiger partial charge in [-0.05, 0) is 36.4 Å². The van der Waals surface area contributed by atoms with Gasteiger partial charge in [-0.2, -0.15) is 0 Å². The lowest BCUT2D eigenvalue weighted by Gasteiger charge is -2.03. The van der Waals surface area contributed by atoms with Crippen LogP contribution in [0.3, 0.4) is 0 Å². The topological polar surface area (TPSA) is 52.3 Å². The number of halogens is 1. The van der Waals surface area contributed by atoms with Gasteiger partial charge in [0.1, 0.15) is 17.4 Å². The van der Waals surface area contributed by atoms with Crippen molar-refractivity contribution in [1.29, 1.82) is 0 Å². The molecule has 140 valence electrons. The van der Waals surface area contributed by atoms with Crippen LogP contribution in [-0.2, 0) is 12.4 Å². The quantitative estimate of drug-likeness (QED) is 0.304. The lowest BCUT2D eigenvalue weighted by atomic mass is 10.3. The Kier molecular flexibility index (Phi) is 4.94. The molecule has 28 heavy (non-hydrogen) atoms. The van der Waals surface area contributed by atoms with Gasteiger partial charge in [-0.15, -0.1) is 21.5 Å². The molecule has 0 aliphatic carbocycles. The lowest BCUT2D eigenvalue weighted by Crippen LogP contribution is -1.95. The fourth-order valence-corrected chi connectivity index (χ4v) is 5.54. The van der Waals surface area contributed by atoms with Crippen molar-refractivity contribution >= 4 is 61.2 Å². The van der Waals surface area contributed by atoms with Crippen molar-refractivity contribution in [2.75, 3.05) is 0 Å². The number of ether oxygens (including phenoxy) is 1. The lowest BCUT2D eigenvalue weighted by molar-refractivity contribution is 0.305. The van der Waals surface area contributed by atoms with Crippen LogP contribution in [0.25, 0.3) is 15.2 Å². The van der Waals surface area contributed by atoms with Gasteiger partial charge in [0.05, 0.1) is 15.9 Å². The highest BCUT2D eigenvalue weighted by molar-refractivity contribution is 7.98. The first-order valence-electron chi connectivity index (χ1n) is 8.43. The van der Waals surface area contributed by atoms with Crippen molar-refractivity contribution in [2.24, 2.45) is 0 Å². The molecule has 5 rings (SSSR count). The van der Waals surface area contributed by atoms with E-state index in [1.165, 1.54) is 4.70 Å². The fraction of sp³-hybridized carbons (Fsp3) is 0.105. The summed E-state index contributed by atoms with van der Waals surface area (Å²) in [5.74, 6) is 1.52. The number of para-hydroxylation sites is 1. The molecule has 5 aromatic rings. The van der Waals surface area contributed by atoms with E-state index < -0.39 is 0 Å². The molecule has 0 aliphatic rings. The minimum atomic E-state index is 0.446. The number of fused-ring (bicyclic) bond motifs is 3. The average Bonchev–Trinajstić information content (AvgIpc) is 3.41. The molecule has 0 amide bonds. The normalized spacial score (nSPS) is 11.5. The zero-order chi connectivity index (χ0) is 18.9. The standard InChI is InChI=1S/C19H13ClN4OS3/c20-12-5-7-14(8-6-12)25-9-17-21-13(10-26-17)11-27-18-22-23-19-24(18)15-3-1-2-4-16(15)28-19/h1-8,10H,9,11H2. The van der Waals surface area contributed by atoms with E-state index in [1.54, 1.807) is 34.4 Å². The molecule has 0 spiro atoms. The Morgan fingerprint density at radius 3 is 2.82 bits per heavy atom. The molecule has 0 N–H and O–H groups in total. The van der Waals surface area contributed by atoms with Gasteiger partial charge in [-0.25, -0.2) is 4.98 Å². The minimum Gasteiger partial charge on any atom is -0.486 e. The summed E-state index contributed by atoms with van der Waals surface area (Å²) in [6.45, 7) is 0.446. The van der Waals surface area contributed by atoms with Gasteiger partial charge in [0.25, 0.3) is 0 Å². The average molecular weight is 445 g/mol. The molecule has 0 aliphatic heterocycles. The highest BCUT2D eigenvalue weighted by atomic mass is 35.5. The van der Waals surface area contributed by atoms with Crippen LogP contribution >= 0.6 is 46.0 Å². The van der Waals surface area contributed by atoms with Gasteiger partial charge in [0.15, 0.2) is 5.16 Å². The summed E-state index contributed by atoms with van der Waals surface area (Å²) in [4.78, 5) is 5.58. The highest BCUT2D eigenvalue weighted by Gasteiger charge is 2.13. The van der Waals surface area contributed by atoms with Crippen LogP contribution in [0.5, 0.6) is 5.75 Å². The smallest absolute Gasteiger partial charge is 0.217 e. The molecule has 0 saturated carbocycles. The first-order chi connectivity index (χ1) is 13.8. The maximum absolute atomic E-state index is 5.89. The van der Waals surface area contributed by atoms with E-state index in [4.69, 9.17) is 16.3 Å². The summed E-state index contributed by atoms with van der Waals surface area (Å²) >= 11 is 10.8. The van der Waals surface area contributed by atoms with Crippen LogP contribution < -0.4 is 4.74 Å². The molecule has 0 saturated heterocycles. The number of benzene rings is 2. The van der Waals surface area contributed by atoms with Crippen molar-refractivity contribution in [3.63, 3.8) is 0 Å². The first-order valence-corrected chi connectivity index (χ1v) is 11.5. The molecule has 5 nitrogen and oxygen atoms in total. The Hall–Kier alpha value is -2.13. The monoisotopic (exact) mass is 444 g/mol. The Morgan fingerprint density at radius 2 is 1.93 bits per heavy atom. The van der Waals surface area contributed by atoms with Crippen LogP contribution in [0.2, 0.25) is 5.02 Å². The predicted molar refractivity (Wildman–Crippen MR) is 116 cm³/mol. The summed E-state index contributed by atoms with van der Waals surface area (Å²) in [7, 11) is 0. The summed E-state index contributed by atoms with van der Waals surface area (Å²) in [6, 6.07) is 15.6. The first kappa shape index (κ1) is 17.9. The molecular formula is C19H13ClN4OS3. The molecule has 0 radical (unpaired) electrons. The van der Waals surface area contributed by atoms with E-state index in [0.29, 0.717) is 11.6 Å². The van der Waals surface area contributed by atoms with Crippen LogP contribution in [0, 0.1) is 0 Å². The molecule has 3 heterocycles. The third-order valence-corrected chi connectivity index (χ3v) is 7.13. The van der Waals surface area contributed by atoms with Crippen molar-refractivity contribution < 1.29 is 4.74 Å². The Morgan fingerprint density at radius 1 is 1.07 bits per heavy atom. The Labute approximate surface area is 178 Å². The minimum absolute atomic E-state index is 0.446. The van der Waals surface area contributed by atoms with E-state index in [1.807, 2.05) is 36.4 Å². The number of aromatic nitrogens is 4. The second-order valence-corrected chi connectivity index (χ2v) is 9.26. The van der Waals surface area contributed by atoms with Crippen LogP contribution in [-0.4, -0.2) is 19.6 Å². The zero-order valence-electron chi connectivity index (χ0n) is 14.4. The third-order valence-electron chi connectivity index (χ3n) is 4.04. The van der Waals surface area contributed by atoms with E-state index in [2.05, 4.69) is 37.1 Å². The molecular weight excluding hydrogens is 432 g/mol. The van der Waals surface area contributed by atoms with E-state index >= 15 is 0 Å². The van der Waals surface area contributed by atoms with Crippen molar-refractivity contribution in [1.82, 2.24) is 19.6 Å². The number of rotatable bonds is 6. The number of hydrogen-bond acceptors (Lipinski definition) is 7. The van der Waals surface area contributed by atoms with E-state index in [-0.39, 0.29) is 0 Å². The maximum Gasteiger partial charge on any atom is 0.217 e. The second kappa shape index (κ2) is 7.71. The van der Waals surface area contributed by atoms with Crippen molar-refractivity contribution in [3.05, 3.63) is 69.6 Å². The molecule has 0 unspecified atom stereocenters. The molecule has 0 fully saturated rings. The van der Waals surface area contributed by atoms with Crippen LogP contribution in [0.4, 0.5) is 0 Å². The zero-order valence-corrected chi connectivity index (χ0v) is 17.6. The highest BCUT2D eigenvalue weighted by Crippen LogP contribution is 2.31. The van der Waals surface area contributed by atoms with Crippen LogP contribution in [0.15, 0.2) is 59.1 Å². The Bertz CT molecular complexity index is 1250. The molecule has 2 aromatic carbocycles. The summed E-state index contributed by atoms with van der Waals surface area (Å²) < 4.78 is 9.09.